The van der Waals surface area contributed by atoms with E-state index in [2.05, 4.69) is 5.32 Å². The summed E-state index contributed by atoms with van der Waals surface area (Å²) in [7, 11) is -0.894. The first-order valence-corrected chi connectivity index (χ1v) is 7.27. The van der Waals surface area contributed by atoms with Crippen LogP contribution in [0.2, 0.25) is 0 Å². The van der Waals surface area contributed by atoms with Crippen molar-refractivity contribution in [1.29, 1.82) is 0 Å². The van der Waals surface area contributed by atoms with Crippen LogP contribution in [-0.4, -0.2) is 22.3 Å². The molecule has 0 aliphatic carbocycles. The molecule has 0 aromatic heterocycles. The van der Waals surface area contributed by atoms with Gasteiger partial charge in [-0.25, -0.2) is 8.78 Å². The van der Waals surface area contributed by atoms with Crippen molar-refractivity contribution < 1.29 is 13.0 Å². The molecular weight excluding hydrogens is 258 g/mol. The minimum absolute atomic E-state index is 0.0429. The summed E-state index contributed by atoms with van der Waals surface area (Å²) >= 11 is 0. The van der Waals surface area contributed by atoms with E-state index >= 15 is 0 Å². The highest BCUT2D eigenvalue weighted by molar-refractivity contribution is 7.84. The summed E-state index contributed by atoms with van der Waals surface area (Å²) in [6, 6.07) is 4.40. The lowest BCUT2D eigenvalue weighted by atomic mass is 10.1. The van der Waals surface area contributed by atoms with E-state index in [1.54, 1.807) is 18.4 Å². The Balaban J connectivity index is 2.64. The smallest absolute Gasteiger partial charge is 0.265 e. The second kappa shape index (κ2) is 6.68. The van der Waals surface area contributed by atoms with Gasteiger partial charge in [-0.2, -0.15) is 0 Å². The fourth-order valence-electron chi connectivity index (χ4n) is 1.50. The quantitative estimate of drug-likeness (QED) is 0.786. The van der Waals surface area contributed by atoms with Gasteiger partial charge in [0.15, 0.2) is 0 Å². The number of nitrogens with two attached hydrogens (primary N) is 1. The molecule has 0 saturated carbocycles. The molecule has 2 unspecified atom stereocenters. The third-order valence-electron chi connectivity index (χ3n) is 2.74. The van der Waals surface area contributed by atoms with Crippen molar-refractivity contribution >= 4 is 22.2 Å². The number of alkyl halides is 2. The Morgan fingerprint density at radius 3 is 2.67 bits per heavy atom. The van der Waals surface area contributed by atoms with Crippen LogP contribution in [-0.2, 0) is 10.8 Å². The molecule has 1 aromatic rings. The normalized spacial score (nSPS) is 14.5. The van der Waals surface area contributed by atoms with Crippen LogP contribution in [0.1, 0.15) is 25.3 Å². The van der Waals surface area contributed by atoms with E-state index in [1.807, 2.05) is 6.92 Å². The molecule has 6 heteroatoms. The zero-order valence-electron chi connectivity index (χ0n) is 10.5. The van der Waals surface area contributed by atoms with Crippen LogP contribution in [0.15, 0.2) is 18.2 Å². The predicted molar refractivity (Wildman–Crippen MR) is 72.4 cm³/mol. The SMILES string of the molecule is CC(CCNc1ccc(N)cc1C(F)F)S(C)=O. The lowest BCUT2D eigenvalue weighted by molar-refractivity contribution is 0.152. The van der Waals surface area contributed by atoms with Crippen molar-refractivity contribution in [2.75, 3.05) is 23.9 Å². The molecule has 0 bridgehead atoms. The summed E-state index contributed by atoms with van der Waals surface area (Å²) in [6.45, 7) is 2.37. The summed E-state index contributed by atoms with van der Waals surface area (Å²) in [5.41, 5.74) is 6.08. The molecule has 0 aliphatic heterocycles. The molecule has 0 aliphatic rings. The monoisotopic (exact) mass is 276 g/mol. The van der Waals surface area contributed by atoms with Gasteiger partial charge in [-0.1, -0.05) is 6.92 Å². The van der Waals surface area contributed by atoms with E-state index in [4.69, 9.17) is 5.73 Å². The van der Waals surface area contributed by atoms with Crippen LogP contribution in [0.3, 0.4) is 0 Å². The van der Waals surface area contributed by atoms with Crippen LogP contribution < -0.4 is 11.1 Å². The zero-order valence-corrected chi connectivity index (χ0v) is 11.3. The van der Waals surface area contributed by atoms with Crippen molar-refractivity contribution in [3.63, 3.8) is 0 Å². The molecule has 3 nitrogen and oxygen atoms in total. The lowest BCUT2D eigenvalue weighted by Crippen LogP contribution is -2.15. The Labute approximate surface area is 108 Å². The standard InChI is InChI=1S/C12H18F2N2OS/c1-8(18(2)17)5-6-16-11-4-3-9(15)7-10(11)12(13)14/h3-4,7-8,12,16H,5-6,15H2,1-2H3. The van der Waals surface area contributed by atoms with E-state index in [1.165, 1.54) is 6.07 Å². The molecule has 0 fully saturated rings. The molecule has 0 saturated heterocycles. The van der Waals surface area contributed by atoms with Gasteiger partial charge in [-0.05, 0) is 24.6 Å². The Morgan fingerprint density at radius 2 is 2.11 bits per heavy atom. The Hall–Kier alpha value is -1.17. The Morgan fingerprint density at radius 1 is 1.44 bits per heavy atom. The fourth-order valence-corrected chi connectivity index (χ4v) is 1.95. The van der Waals surface area contributed by atoms with Gasteiger partial charge < -0.3 is 11.1 Å². The largest absolute Gasteiger partial charge is 0.399 e. The summed E-state index contributed by atoms with van der Waals surface area (Å²) in [6.07, 6.45) is -0.261. The maximum Gasteiger partial charge on any atom is 0.265 e. The summed E-state index contributed by atoms with van der Waals surface area (Å²) in [5.74, 6) is 0. The van der Waals surface area contributed by atoms with E-state index in [9.17, 15) is 13.0 Å². The number of nitrogen functional groups attached to an aromatic ring is 1. The van der Waals surface area contributed by atoms with Gasteiger partial charge in [-0.3, -0.25) is 4.21 Å². The van der Waals surface area contributed by atoms with E-state index < -0.39 is 17.2 Å². The third-order valence-corrected chi connectivity index (χ3v) is 4.11. The summed E-state index contributed by atoms with van der Waals surface area (Å²) in [5, 5.41) is 2.98. The minimum atomic E-state index is -2.56. The second-order valence-electron chi connectivity index (χ2n) is 4.17. The number of rotatable bonds is 6. The number of hydrogen-bond donors (Lipinski definition) is 2. The van der Waals surface area contributed by atoms with E-state index in [-0.39, 0.29) is 10.8 Å². The number of benzene rings is 1. The molecule has 0 radical (unpaired) electrons. The molecule has 18 heavy (non-hydrogen) atoms. The van der Waals surface area contributed by atoms with Gasteiger partial charge in [0.2, 0.25) is 0 Å². The van der Waals surface area contributed by atoms with Gasteiger partial charge >= 0.3 is 0 Å². The molecule has 102 valence electrons. The first-order chi connectivity index (χ1) is 8.41. The molecule has 0 amide bonds. The molecule has 0 spiro atoms. The molecule has 3 N–H and O–H groups in total. The average molecular weight is 276 g/mol. The Kier molecular flexibility index (Phi) is 5.53. The second-order valence-corrected chi connectivity index (χ2v) is 5.97. The van der Waals surface area contributed by atoms with Crippen molar-refractivity contribution in [1.82, 2.24) is 0 Å². The predicted octanol–water partition coefficient (Wildman–Crippen LogP) is 2.78. The minimum Gasteiger partial charge on any atom is -0.399 e. The molecule has 1 aromatic carbocycles. The summed E-state index contributed by atoms with van der Waals surface area (Å²) < 4.78 is 36.7. The average Bonchev–Trinajstić information content (AvgIpc) is 2.30. The number of anilines is 2. The van der Waals surface area contributed by atoms with E-state index in [0.29, 0.717) is 24.3 Å². The molecule has 2 atom stereocenters. The first kappa shape index (κ1) is 14.9. The summed E-state index contributed by atoms with van der Waals surface area (Å²) in [4.78, 5) is 0. The topological polar surface area (TPSA) is 55.1 Å². The number of hydrogen-bond acceptors (Lipinski definition) is 3. The third kappa shape index (κ3) is 4.25. The lowest BCUT2D eigenvalue weighted by Gasteiger charge is -2.14. The van der Waals surface area contributed by atoms with Crippen LogP contribution in [0.4, 0.5) is 20.2 Å². The van der Waals surface area contributed by atoms with Gasteiger partial charge in [0.05, 0.1) is 0 Å². The highest BCUT2D eigenvalue weighted by Crippen LogP contribution is 2.28. The zero-order chi connectivity index (χ0) is 13.7. The number of nitrogens with one attached hydrogen (secondary N) is 1. The first-order valence-electron chi connectivity index (χ1n) is 5.65. The van der Waals surface area contributed by atoms with Crippen LogP contribution in [0.5, 0.6) is 0 Å². The maximum absolute atomic E-state index is 12.8. The maximum atomic E-state index is 12.8. The van der Waals surface area contributed by atoms with E-state index in [0.717, 1.165) is 0 Å². The molecule has 1 rings (SSSR count). The van der Waals surface area contributed by atoms with Crippen molar-refractivity contribution in [2.45, 2.75) is 25.0 Å². The van der Waals surface area contributed by atoms with Crippen LogP contribution in [0.25, 0.3) is 0 Å². The van der Waals surface area contributed by atoms with Gasteiger partial charge in [0.1, 0.15) is 0 Å². The molecular formula is C12H18F2N2OS. The highest BCUT2D eigenvalue weighted by atomic mass is 32.2. The van der Waals surface area contributed by atoms with Crippen LogP contribution >= 0.6 is 0 Å². The molecule has 0 heterocycles. The van der Waals surface area contributed by atoms with Crippen molar-refractivity contribution in [3.8, 4) is 0 Å². The van der Waals surface area contributed by atoms with Gasteiger partial charge in [0.25, 0.3) is 6.43 Å². The van der Waals surface area contributed by atoms with Gasteiger partial charge in [-0.15, -0.1) is 0 Å². The number of halogens is 2. The van der Waals surface area contributed by atoms with Crippen molar-refractivity contribution in [2.24, 2.45) is 0 Å². The van der Waals surface area contributed by atoms with Gasteiger partial charge in [0, 0.05) is 45.8 Å². The fraction of sp³-hybridized carbons (Fsp3) is 0.500. The Bertz CT molecular complexity index is 427. The highest BCUT2D eigenvalue weighted by Gasteiger charge is 2.13. The van der Waals surface area contributed by atoms with Crippen LogP contribution in [0, 0.1) is 0 Å². The van der Waals surface area contributed by atoms with Crippen molar-refractivity contribution in [3.05, 3.63) is 23.8 Å².